The molecule has 7 nitrogen and oxygen atoms in total. The number of carbonyl (C=O) groups is 2. The molecule has 1 atom stereocenters. The lowest BCUT2D eigenvalue weighted by Crippen LogP contribution is -2.29. The largest absolute Gasteiger partial charge is 0.478 e. The van der Waals surface area contributed by atoms with Crippen molar-refractivity contribution in [3.05, 3.63) is 23.9 Å². The van der Waals surface area contributed by atoms with Gasteiger partial charge < -0.3 is 5.11 Å². The maximum Gasteiger partial charge on any atom is 0.339 e. The van der Waals surface area contributed by atoms with Crippen LogP contribution in [0.3, 0.4) is 0 Å². The van der Waals surface area contributed by atoms with Gasteiger partial charge in [0.15, 0.2) is 0 Å². The summed E-state index contributed by atoms with van der Waals surface area (Å²) in [5.74, 6) is -2.15. The Morgan fingerprint density at radius 2 is 2.21 bits per heavy atom. The molecule has 1 aromatic heterocycles. The molecule has 1 N–H and O–H groups in total. The van der Waals surface area contributed by atoms with Crippen LogP contribution in [0, 0.1) is 0 Å². The van der Waals surface area contributed by atoms with Crippen molar-refractivity contribution in [2.24, 2.45) is 0 Å². The molecule has 1 saturated heterocycles. The second kappa shape index (κ2) is 4.57. The first kappa shape index (κ1) is 13.4. The van der Waals surface area contributed by atoms with Gasteiger partial charge >= 0.3 is 16.2 Å². The Morgan fingerprint density at radius 3 is 2.74 bits per heavy atom. The van der Waals surface area contributed by atoms with Crippen LogP contribution in [-0.4, -0.2) is 42.2 Å². The van der Waals surface area contributed by atoms with E-state index in [9.17, 15) is 21.9 Å². The molecule has 1 aromatic rings. The highest BCUT2D eigenvalue weighted by Gasteiger charge is 2.40. The minimum absolute atomic E-state index is 0.175. The second-order valence-electron chi connectivity index (χ2n) is 3.99. The number of pyridine rings is 1. The van der Waals surface area contributed by atoms with E-state index in [0.717, 1.165) is 4.90 Å². The topological polar surface area (TPSA) is 105 Å². The molecule has 1 fully saturated rings. The van der Waals surface area contributed by atoms with Gasteiger partial charge in [-0.05, 0) is 12.1 Å². The Labute approximate surface area is 107 Å². The van der Waals surface area contributed by atoms with Gasteiger partial charge in [-0.3, -0.25) is 9.69 Å². The molecule has 0 saturated carbocycles. The smallest absolute Gasteiger partial charge is 0.339 e. The van der Waals surface area contributed by atoms with Crippen molar-refractivity contribution in [1.82, 2.24) is 4.98 Å². The Bertz CT molecular complexity index is 645. The standard InChI is InChI=1S/C10H9FN2O5S/c11-19(17,18)6-4-8(14)13(5-6)9-7(10(15)16)2-1-3-12-9/h1-3,6H,4-5H2,(H,15,16). The first-order valence-electron chi connectivity index (χ1n) is 5.23. The number of amides is 1. The highest BCUT2D eigenvalue weighted by molar-refractivity contribution is 7.87. The van der Waals surface area contributed by atoms with E-state index in [1.165, 1.54) is 18.3 Å². The van der Waals surface area contributed by atoms with Gasteiger partial charge in [0, 0.05) is 19.2 Å². The average molecular weight is 288 g/mol. The molecule has 1 amide bonds. The van der Waals surface area contributed by atoms with Crippen molar-refractivity contribution < 1.29 is 27.0 Å². The Hall–Kier alpha value is -2.03. The van der Waals surface area contributed by atoms with Gasteiger partial charge in [-0.2, -0.15) is 8.42 Å². The van der Waals surface area contributed by atoms with Gasteiger partial charge in [0.05, 0.1) is 0 Å². The zero-order valence-electron chi connectivity index (χ0n) is 9.48. The fourth-order valence-electron chi connectivity index (χ4n) is 1.85. The van der Waals surface area contributed by atoms with Crippen LogP contribution in [0.5, 0.6) is 0 Å². The minimum Gasteiger partial charge on any atom is -0.478 e. The molecule has 1 unspecified atom stereocenters. The van der Waals surface area contributed by atoms with E-state index in [1.54, 1.807) is 0 Å². The van der Waals surface area contributed by atoms with Crippen LogP contribution < -0.4 is 4.90 Å². The van der Waals surface area contributed by atoms with Crippen LogP contribution in [-0.2, 0) is 15.0 Å². The summed E-state index contributed by atoms with van der Waals surface area (Å²) in [7, 11) is -4.85. The molecular weight excluding hydrogens is 279 g/mol. The number of halogens is 1. The van der Waals surface area contributed by atoms with Crippen LogP contribution >= 0.6 is 0 Å². The van der Waals surface area contributed by atoms with E-state index in [2.05, 4.69) is 4.98 Å². The Balaban J connectivity index is 2.39. The molecule has 19 heavy (non-hydrogen) atoms. The molecule has 0 aromatic carbocycles. The van der Waals surface area contributed by atoms with E-state index in [4.69, 9.17) is 5.11 Å². The molecule has 1 aliphatic rings. The molecule has 2 rings (SSSR count). The quantitative estimate of drug-likeness (QED) is 0.796. The van der Waals surface area contributed by atoms with Crippen LogP contribution in [0.2, 0.25) is 0 Å². The number of carboxylic acid groups (broad SMARTS) is 1. The van der Waals surface area contributed by atoms with Crippen molar-refractivity contribution in [3.63, 3.8) is 0 Å². The van der Waals surface area contributed by atoms with Gasteiger partial charge in [-0.1, -0.05) is 0 Å². The van der Waals surface area contributed by atoms with Gasteiger partial charge in [-0.25, -0.2) is 9.78 Å². The van der Waals surface area contributed by atoms with E-state index in [0.29, 0.717) is 0 Å². The number of rotatable bonds is 3. The van der Waals surface area contributed by atoms with Crippen LogP contribution in [0.25, 0.3) is 0 Å². The van der Waals surface area contributed by atoms with Crippen molar-refractivity contribution in [2.45, 2.75) is 11.7 Å². The summed E-state index contributed by atoms with van der Waals surface area (Å²) in [6, 6.07) is 2.60. The summed E-state index contributed by atoms with van der Waals surface area (Å²) in [5.41, 5.74) is -0.243. The predicted molar refractivity (Wildman–Crippen MR) is 62.0 cm³/mol. The SMILES string of the molecule is O=C(O)c1cccnc1N1CC(S(=O)(=O)F)CC1=O. The number of hydrogen-bond acceptors (Lipinski definition) is 5. The number of carboxylic acids is 1. The van der Waals surface area contributed by atoms with Crippen LogP contribution in [0.4, 0.5) is 9.70 Å². The third kappa shape index (κ3) is 2.55. The number of anilines is 1. The lowest BCUT2D eigenvalue weighted by atomic mass is 10.2. The summed E-state index contributed by atoms with van der Waals surface area (Å²) in [4.78, 5) is 27.3. The zero-order valence-corrected chi connectivity index (χ0v) is 10.3. The number of aromatic carboxylic acids is 1. The van der Waals surface area contributed by atoms with Crippen LogP contribution in [0.15, 0.2) is 18.3 Å². The van der Waals surface area contributed by atoms with Gasteiger partial charge in [-0.15, -0.1) is 3.89 Å². The maximum atomic E-state index is 12.9. The Kier molecular flexibility index (Phi) is 3.23. The molecule has 0 aliphatic carbocycles. The Morgan fingerprint density at radius 1 is 1.53 bits per heavy atom. The molecule has 0 bridgehead atoms. The lowest BCUT2D eigenvalue weighted by molar-refractivity contribution is -0.117. The average Bonchev–Trinajstić information content (AvgIpc) is 2.71. The second-order valence-corrected chi connectivity index (χ2v) is 5.60. The molecule has 0 spiro atoms. The number of carbonyl (C=O) groups excluding carboxylic acids is 1. The van der Waals surface area contributed by atoms with Gasteiger partial charge in [0.2, 0.25) is 5.91 Å². The first-order valence-corrected chi connectivity index (χ1v) is 6.67. The predicted octanol–water partition coefficient (Wildman–Crippen LogP) is 0.184. The number of hydrogen-bond donors (Lipinski definition) is 1. The van der Waals surface area contributed by atoms with E-state index in [-0.39, 0.29) is 11.4 Å². The van der Waals surface area contributed by atoms with Gasteiger partial charge in [0.25, 0.3) is 0 Å². The monoisotopic (exact) mass is 288 g/mol. The highest BCUT2D eigenvalue weighted by atomic mass is 32.3. The highest BCUT2D eigenvalue weighted by Crippen LogP contribution is 2.26. The summed E-state index contributed by atoms with van der Waals surface area (Å²) >= 11 is 0. The molecule has 102 valence electrons. The summed E-state index contributed by atoms with van der Waals surface area (Å²) in [6.45, 7) is -0.436. The first-order chi connectivity index (χ1) is 8.80. The third-order valence-corrected chi connectivity index (χ3v) is 3.87. The van der Waals surface area contributed by atoms with E-state index < -0.39 is 40.3 Å². The van der Waals surface area contributed by atoms with Crippen molar-refractivity contribution in [3.8, 4) is 0 Å². The fourth-order valence-corrected chi connectivity index (χ4v) is 2.52. The van der Waals surface area contributed by atoms with Crippen molar-refractivity contribution in [2.75, 3.05) is 11.4 Å². The molecular formula is C10H9FN2O5S. The number of aromatic nitrogens is 1. The zero-order chi connectivity index (χ0) is 14.2. The summed E-state index contributed by atoms with van der Waals surface area (Å²) in [5, 5.41) is 7.48. The molecule has 9 heteroatoms. The summed E-state index contributed by atoms with van der Waals surface area (Å²) < 4.78 is 34.5. The van der Waals surface area contributed by atoms with Crippen LogP contribution in [0.1, 0.15) is 16.8 Å². The van der Waals surface area contributed by atoms with Crippen molar-refractivity contribution in [1.29, 1.82) is 0 Å². The van der Waals surface area contributed by atoms with Gasteiger partial charge in [0.1, 0.15) is 16.6 Å². The normalized spacial score (nSPS) is 19.7. The molecule has 0 radical (unpaired) electrons. The molecule has 1 aliphatic heterocycles. The van der Waals surface area contributed by atoms with E-state index >= 15 is 0 Å². The maximum absolute atomic E-state index is 12.9. The minimum atomic E-state index is -4.85. The third-order valence-electron chi connectivity index (χ3n) is 2.76. The van der Waals surface area contributed by atoms with E-state index in [1.807, 2.05) is 0 Å². The van der Waals surface area contributed by atoms with Crippen molar-refractivity contribution >= 4 is 27.9 Å². The summed E-state index contributed by atoms with van der Waals surface area (Å²) in [6.07, 6.45) is 0.751. The molecule has 2 heterocycles. The fraction of sp³-hybridized carbons (Fsp3) is 0.300. The lowest BCUT2D eigenvalue weighted by Gasteiger charge is -2.16. The number of nitrogens with zero attached hydrogens (tertiary/aromatic N) is 2.